The van der Waals surface area contributed by atoms with E-state index < -0.39 is 0 Å². The van der Waals surface area contributed by atoms with Crippen molar-refractivity contribution in [2.75, 3.05) is 18.4 Å². The molecule has 0 saturated carbocycles. The van der Waals surface area contributed by atoms with Crippen LogP contribution in [0.3, 0.4) is 0 Å². The van der Waals surface area contributed by atoms with Crippen LogP contribution in [0.4, 0.5) is 5.69 Å². The number of hydrogen-bond donors (Lipinski definition) is 3. The number of nitrogens with zero attached hydrogens (tertiary/aromatic N) is 2. The van der Waals surface area contributed by atoms with Gasteiger partial charge in [0.05, 0.1) is 5.56 Å². The van der Waals surface area contributed by atoms with Crippen molar-refractivity contribution in [1.82, 2.24) is 15.5 Å². The van der Waals surface area contributed by atoms with Crippen LogP contribution in [0.1, 0.15) is 44.1 Å². The van der Waals surface area contributed by atoms with E-state index in [1.807, 2.05) is 18.2 Å². The smallest absolute Gasteiger partial charge is 0.230 e. The molecule has 23 heavy (non-hydrogen) atoms. The van der Waals surface area contributed by atoms with Gasteiger partial charge in [0.2, 0.25) is 11.7 Å². The van der Waals surface area contributed by atoms with Gasteiger partial charge in [-0.3, -0.25) is 5.41 Å². The van der Waals surface area contributed by atoms with Crippen molar-refractivity contribution in [3.63, 3.8) is 0 Å². The van der Waals surface area contributed by atoms with Crippen molar-refractivity contribution in [3.05, 3.63) is 29.7 Å². The summed E-state index contributed by atoms with van der Waals surface area (Å²) in [6, 6.07) is 6.29. The third-order valence-electron chi connectivity index (χ3n) is 4.07. The Morgan fingerprint density at radius 2 is 2.13 bits per heavy atom. The highest BCUT2D eigenvalue weighted by atomic mass is 16.5. The van der Waals surface area contributed by atoms with Gasteiger partial charge in [0, 0.05) is 23.2 Å². The van der Waals surface area contributed by atoms with E-state index in [0.717, 1.165) is 48.6 Å². The molecule has 0 amide bonds. The van der Waals surface area contributed by atoms with Crippen LogP contribution in [0.15, 0.2) is 22.7 Å². The minimum absolute atomic E-state index is 0.319. The Balaban J connectivity index is 1.86. The summed E-state index contributed by atoms with van der Waals surface area (Å²) in [5, 5.41) is 16.6. The number of nitrogens with two attached hydrogens (primary N) is 1. The van der Waals surface area contributed by atoms with E-state index in [1.54, 1.807) is 6.21 Å². The topological polar surface area (TPSA) is 88.6 Å². The molecule has 0 unspecified atom stereocenters. The molecule has 0 radical (unpaired) electrons. The Morgan fingerprint density at radius 3 is 2.83 bits per heavy atom. The zero-order valence-electron chi connectivity index (χ0n) is 13.7. The van der Waals surface area contributed by atoms with Gasteiger partial charge in [-0.25, -0.2) is 0 Å². The largest absolute Gasteiger partial charge is 0.382 e. The van der Waals surface area contributed by atoms with Gasteiger partial charge in [0.15, 0.2) is 6.21 Å². The molecule has 0 bridgehead atoms. The van der Waals surface area contributed by atoms with Crippen LogP contribution in [-0.4, -0.2) is 35.5 Å². The predicted molar refractivity (Wildman–Crippen MR) is 90.4 cm³/mol. The molecule has 4 N–H and O–H groups in total. The van der Waals surface area contributed by atoms with Gasteiger partial charge >= 0.3 is 0 Å². The maximum Gasteiger partial charge on any atom is 0.230 e. The molecule has 122 valence electrons. The molecular formula is C17H24N5O+. The average molecular weight is 314 g/mol. The van der Waals surface area contributed by atoms with Crippen LogP contribution in [0.25, 0.3) is 11.4 Å². The number of aromatic nitrogens is 2. The molecule has 6 nitrogen and oxygen atoms in total. The number of benzene rings is 1. The minimum Gasteiger partial charge on any atom is -0.382 e. The summed E-state index contributed by atoms with van der Waals surface area (Å²) in [5.74, 6) is 1.74. The Kier molecular flexibility index (Phi) is 4.71. The van der Waals surface area contributed by atoms with Gasteiger partial charge in [0.25, 0.3) is 0 Å². The summed E-state index contributed by atoms with van der Waals surface area (Å²) in [6.07, 6.45) is 3.69. The van der Waals surface area contributed by atoms with Crippen LogP contribution < -0.4 is 16.0 Å². The van der Waals surface area contributed by atoms with Crippen molar-refractivity contribution in [2.45, 2.75) is 38.6 Å². The monoisotopic (exact) mass is 314 g/mol. The molecule has 2 aromatic rings. The summed E-state index contributed by atoms with van der Waals surface area (Å²) in [7, 11) is 0. The van der Waals surface area contributed by atoms with Crippen molar-refractivity contribution in [2.24, 2.45) is 0 Å². The van der Waals surface area contributed by atoms with Gasteiger partial charge in [-0.05, 0) is 51.9 Å². The molecule has 2 heterocycles. The summed E-state index contributed by atoms with van der Waals surface area (Å²) < 4.78 is 5.49. The van der Waals surface area contributed by atoms with E-state index in [-0.39, 0.29) is 0 Å². The Morgan fingerprint density at radius 1 is 1.35 bits per heavy atom. The Bertz CT molecular complexity index is 673. The summed E-state index contributed by atoms with van der Waals surface area (Å²) in [4.78, 5) is 4.61. The lowest BCUT2D eigenvalue weighted by Crippen LogP contribution is -2.30. The molecule has 3 rings (SSSR count). The van der Waals surface area contributed by atoms with Crippen molar-refractivity contribution < 1.29 is 9.93 Å². The summed E-state index contributed by atoms with van der Waals surface area (Å²) >= 11 is 0. The third kappa shape index (κ3) is 3.59. The first-order chi connectivity index (χ1) is 11.2. The zero-order valence-corrected chi connectivity index (χ0v) is 13.7. The van der Waals surface area contributed by atoms with Crippen molar-refractivity contribution >= 4 is 11.9 Å². The highest BCUT2D eigenvalue weighted by Gasteiger charge is 2.22. The van der Waals surface area contributed by atoms with Gasteiger partial charge in [-0.2, -0.15) is 4.98 Å². The number of piperidine rings is 1. The minimum atomic E-state index is 0.319. The first kappa shape index (κ1) is 15.7. The highest BCUT2D eigenvalue weighted by molar-refractivity contribution is 5.86. The molecule has 1 fully saturated rings. The van der Waals surface area contributed by atoms with E-state index in [2.05, 4.69) is 34.6 Å². The van der Waals surface area contributed by atoms with Crippen LogP contribution in [-0.2, 0) is 0 Å². The van der Waals surface area contributed by atoms with E-state index in [1.165, 1.54) is 0 Å². The zero-order chi connectivity index (χ0) is 16.2. The van der Waals surface area contributed by atoms with Crippen LogP contribution in [0.2, 0.25) is 0 Å². The second-order valence-corrected chi connectivity index (χ2v) is 6.25. The van der Waals surface area contributed by atoms with E-state index >= 15 is 0 Å². The molecule has 0 atom stereocenters. The first-order valence-corrected chi connectivity index (χ1v) is 8.17. The molecule has 0 spiro atoms. The van der Waals surface area contributed by atoms with E-state index in [9.17, 15) is 0 Å². The Hall–Kier alpha value is -2.21. The fourth-order valence-corrected chi connectivity index (χ4v) is 2.86. The second kappa shape index (κ2) is 6.91. The SMILES string of the molecule is CC(C)Nc1cc(-c2noc(C3CCNCC3)n2)ccc1C=[NH2+]. The number of hydrogen-bond acceptors (Lipinski definition) is 5. The maximum absolute atomic E-state index is 5.70. The highest BCUT2D eigenvalue weighted by Crippen LogP contribution is 2.28. The van der Waals surface area contributed by atoms with Gasteiger partial charge < -0.3 is 15.2 Å². The van der Waals surface area contributed by atoms with Crippen LogP contribution >= 0.6 is 0 Å². The van der Waals surface area contributed by atoms with Crippen molar-refractivity contribution in [1.29, 1.82) is 0 Å². The summed E-state index contributed by atoms with van der Waals surface area (Å²) in [5.41, 5.74) is 2.88. The fraction of sp³-hybridized carbons (Fsp3) is 0.471. The maximum atomic E-state index is 5.70. The van der Waals surface area contributed by atoms with Gasteiger partial charge in [0.1, 0.15) is 0 Å². The van der Waals surface area contributed by atoms with Crippen LogP contribution in [0, 0.1) is 0 Å². The fourth-order valence-electron chi connectivity index (χ4n) is 2.86. The van der Waals surface area contributed by atoms with E-state index in [4.69, 9.17) is 9.93 Å². The molecule has 1 aliphatic rings. The standard InChI is InChI=1S/C17H23N5O/c1-11(2)20-15-9-13(3-4-14(15)10-18)16-21-17(23-22-16)12-5-7-19-8-6-12/h3-4,9-12,18-20H,5-8H2,1-2H3/p+1. The number of anilines is 1. The van der Waals surface area contributed by atoms with Gasteiger partial charge in [-0.15, -0.1) is 0 Å². The molecular weight excluding hydrogens is 290 g/mol. The number of rotatable bonds is 5. The first-order valence-electron chi connectivity index (χ1n) is 8.17. The van der Waals surface area contributed by atoms with Gasteiger partial charge in [-0.1, -0.05) is 11.2 Å². The lowest BCUT2D eigenvalue weighted by Gasteiger charge is -2.18. The lowest BCUT2D eigenvalue weighted by atomic mass is 9.98. The quantitative estimate of drug-likeness (QED) is 0.722. The average Bonchev–Trinajstić information content (AvgIpc) is 3.05. The Labute approximate surface area is 136 Å². The van der Waals surface area contributed by atoms with E-state index in [0.29, 0.717) is 17.8 Å². The normalized spacial score (nSPS) is 15.8. The molecule has 1 aromatic heterocycles. The predicted octanol–water partition coefficient (Wildman–Crippen LogP) is 1.20. The molecule has 0 aliphatic carbocycles. The summed E-state index contributed by atoms with van der Waals surface area (Å²) in [6.45, 7) is 6.20. The molecule has 1 saturated heterocycles. The number of nitrogens with one attached hydrogen (secondary N) is 2. The molecule has 1 aromatic carbocycles. The second-order valence-electron chi connectivity index (χ2n) is 6.25. The lowest BCUT2D eigenvalue weighted by molar-refractivity contribution is -0.104. The van der Waals surface area contributed by atoms with Crippen molar-refractivity contribution in [3.8, 4) is 11.4 Å². The molecule has 1 aliphatic heterocycles. The molecule has 6 heteroatoms. The third-order valence-corrected chi connectivity index (χ3v) is 4.07. The van der Waals surface area contributed by atoms with Crippen LogP contribution in [0.5, 0.6) is 0 Å².